The van der Waals surface area contributed by atoms with Crippen molar-refractivity contribution in [2.45, 2.75) is 26.4 Å². The highest BCUT2D eigenvalue weighted by Gasteiger charge is 2.09. The Kier molecular flexibility index (Phi) is 3.01. The minimum atomic E-state index is -0.245. The van der Waals surface area contributed by atoms with E-state index in [9.17, 15) is 0 Å². The molecule has 0 saturated carbocycles. The normalized spacial score (nSPS) is 11.9. The van der Waals surface area contributed by atoms with Crippen LogP contribution >= 0.6 is 0 Å². The Labute approximate surface area is 78.4 Å². The standard InChI is InChI=1S/C10H14N2O/c1-10(2,3)13-12-8-9-6-4-5-7-11-9/h4-8H,1-3H3/b12-8-. The maximum atomic E-state index is 5.16. The third-order valence-corrected chi connectivity index (χ3v) is 1.20. The molecule has 0 atom stereocenters. The van der Waals surface area contributed by atoms with Crippen molar-refractivity contribution in [2.75, 3.05) is 0 Å². The molecule has 3 heteroatoms. The van der Waals surface area contributed by atoms with Gasteiger partial charge in [-0.15, -0.1) is 0 Å². The number of oxime groups is 1. The maximum Gasteiger partial charge on any atom is 0.129 e. The van der Waals surface area contributed by atoms with Gasteiger partial charge in [0.2, 0.25) is 0 Å². The lowest BCUT2D eigenvalue weighted by Crippen LogP contribution is -2.15. The molecule has 1 aromatic heterocycles. The van der Waals surface area contributed by atoms with E-state index < -0.39 is 0 Å². The van der Waals surface area contributed by atoms with Gasteiger partial charge in [-0.3, -0.25) is 4.98 Å². The van der Waals surface area contributed by atoms with Crippen molar-refractivity contribution < 1.29 is 4.84 Å². The van der Waals surface area contributed by atoms with Crippen molar-refractivity contribution in [3.05, 3.63) is 30.1 Å². The molecule has 13 heavy (non-hydrogen) atoms. The lowest BCUT2D eigenvalue weighted by atomic mass is 10.2. The summed E-state index contributed by atoms with van der Waals surface area (Å²) in [4.78, 5) is 9.23. The molecule has 0 spiro atoms. The van der Waals surface area contributed by atoms with E-state index in [0.29, 0.717) is 0 Å². The second-order valence-corrected chi connectivity index (χ2v) is 3.69. The molecular formula is C10H14N2O. The first-order valence-electron chi connectivity index (χ1n) is 4.20. The van der Waals surface area contributed by atoms with Gasteiger partial charge in [0.25, 0.3) is 0 Å². The summed E-state index contributed by atoms with van der Waals surface area (Å²) < 4.78 is 0. The van der Waals surface area contributed by atoms with Crippen molar-refractivity contribution in [1.82, 2.24) is 4.98 Å². The number of aromatic nitrogens is 1. The van der Waals surface area contributed by atoms with Gasteiger partial charge < -0.3 is 4.84 Å². The van der Waals surface area contributed by atoms with Crippen LogP contribution in [-0.2, 0) is 4.84 Å². The second-order valence-electron chi connectivity index (χ2n) is 3.69. The molecule has 1 heterocycles. The summed E-state index contributed by atoms with van der Waals surface area (Å²) in [5.41, 5.74) is 0.553. The van der Waals surface area contributed by atoms with Crippen LogP contribution in [0.15, 0.2) is 29.6 Å². The van der Waals surface area contributed by atoms with Crippen LogP contribution in [0.4, 0.5) is 0 Å². The molecule has 0 bridgehead atoms. The van der Waals surface area contributed by atoms with Crippen LogP contribution in [-0.4, -0.2) is 16.8 Å². The summed E-state index contributed by atoms with van der Waals surface area (Å²) in [6, 6.07) is 5.64. The molecule has 0 N–H and O–H groups in total. The largest absolute Gasteiger partial charge is 0.390 e. The molecule has 70 valence electrons. The summed E-state index contributed by atoms with van der Waals surface area (Å²) in [5.74, 6) is 0. The van der Waals surface area contributed by atoms with Gasteiger partial charge in [-0.1, -0.05) is 11.2 Å². The van der Waals surface area contributed by atoms with E-state index in [4.69, 9.17) is 4.84 Å². The topological polar surface area (TPSA) is 34.5 Å². The van der Waals surface area contributed by atoms with Gasteiger partial charge in [0.1, 0.15) is 5.60 Å². The Morgan fingerprint density at radius 2 is 2.15 bits per heavy atom. The Morgan fingerprint density at radius 1 is 1.38 bits per heavy atom. The molecule has 1 rings (SSSR count). The number of rotatable bonds is 2. The average molecular weight is 178 g/mol. The lowest BCUT2D eigenvalue weighted by Gasteiger charge is -2.14. The van der Waals surface area contributed by atoms with Crippen LogP contribution in [0.3, 0.4) is 0 Å². The number of hydrogen-bond acceptors (Lipinski definition) is 3. The second kappa shape index (κ2) is 4.03. The summed E-state index contributed by atoms with van der Waals surface area (Å²) in [6.45, 7) is 5.84. The van der Waals surface area contributed by atoms with Crippen molar-refractivity contribution in [3.8, 4) is 0 Å². The van der Waals surface area contributed by atoms with Crippen LogP contribution < -0.4 is 0 Å². The van der Waals surface area contributed by atoms with E-state index in [-0.39, 0.29) is 5.60 Å². The summed E-state index contributed by atoms with van der Waals surface area (Å²) in [7, 11) is 0. The van der Waals surface area contributed by atoms with Gasteiger partial charge >= 0.3 is 0 Å². The molecule has 0 amide bonds. The first kappa shape index (κ1) is 9.71. The van der Waals surface area contributed by atoms with Crippen LogP contribution in [0.2, 0.25) is 0 Å². The van der Waals surface area contributed by atoms with Crippen molar-refractivity contribution in [1.29, 1.82) is 0 Å². The van der Waals surface area contributed by atoms with Crippen molar-refractivity contribution >= 4 is 6.21 Å². The van der Waals surface area contributed by atoms with Crippen LogP contribution in [0.5, 0.6) is 0 Å². The Bertz CT molecular complexity index is 275. The molecular weight excluding hydrogens is 164 g/mol. The molecule has 0 saturated heterocycles. The van der Waals surface area contributed by atoms with E-state index in [0.717, 1.165) is 5.69 Å². The predicted octanol–water partition coefficient (Wildman–Crippen LogP) is 2.23. The first-order valence-corrected chi connectivity index (χ1v) is 4.20. The predicted molar refractivity (Wildman–Crippen MR) is 52.7 cm³/mol. The third-order valence-electron chi connectivity index (χ3n) is 1.20. The summed E-state index contributed by atoms with van der Waals surface area (Å²) >= 11 is 0. The third kappa shape index (κ3) is 4.25. The highest BCUT2D eigenvalue weighted by atomic mass is 16.6. The van der Waals surface area contributed by atoms with Gasteiger partial charge in [0.05, 0.1) is 11.9 Å². The van der Waals surface area contributed by atoms with Crippen LogP contribution in [0.1, 0.15) is 26.5 Å². The molecule has 0 fully saturated rings. The first-order chi connectivity index (χ1) is 6.08. The van der Waals surface area contributed by atoms with Gasteiger partial charge in [-0.2, -0.15) is 0 Å². The Balaban J connectivity index is 2.51. The quantitative estimate of drug-likeness (QED) is 0.514. The molecule has 0 aliphatic heterocycles. The lowest BCUT2D eigenvalue weighted by molar-refractivity contribution is 0.00196. The van der Waals surface area contributed by atoms with Gasteiger partial charge in [0, 0.05) is 6.20 Å². The SMILES string of the molecule is CC(C)(C)O/N=C\c1ccccn1. The Hall–Kier alpha value is -1.38. The van der Waals surface area contributed by atoms with Gasteiger partial charge in [0.15, 0.2) is 0 Å². The van der Waals surface area contributed by atoms with Crippen molar-refractivity contribution in [3.63, 3.8) is 0 Å². The summed E-state index contributed by atoms with van der Waals surface area (Å²) in [5, 5.41) is 3.83. The monoisotopic (exact) mass is 178 g/mol. The number of nitrogens with zero attached hydrogens (tertiary/aromatic N) is 2. The highest BCUT2D eigenvalue weighted by Crippen LogP contribution is 2.06. The van der Waals surface area contributed by atoms with E-state index in [1.165, 1.54) is 0 Å². The number of pyridine rings is 1. The Morgan fingerprint density at radius 3 is 2.69 bits per heavy atom. The fraction of sp³-hybridized carbons (Fsp3) is 0.400. The molecule has 1 aromatic rings. The van der Waals surface area contributed by atoms with Gasteiger partial charge in [-0.25, -0.2) is 0 Å². The smallest absolute Gasteiger partial charge is 0.129 e. The van der Waals surface area contributed by atoms with Gasteiger partial charge in [-0.05, 0) is 32.9 Å². The molecule has 0 unspecified atom stereocenters. The van der Waals surface area contributed by atoms with E-state index in [1.54, 1.807) is 12.4 Å². The van der Waals surface area contributed by atoms with E-state index in [2.05, 4.69) is 10.1 Å². The fourth-order valence-electron chi connectivity index (χ4n) is 0.691. The summed E-state index contributed by atoms with van der Waals surface area (Å²) in [6.07, 6.45) is 3.32. The van der Waals surface area contributed by atoms with Crippen molar-refractivity contribution in [2.24, 2.45) is 5.16 Å². The zero-order chi connectivity index (χ0) is 9.73. The zero-order valence-corrected chi connectivity index (χ0v) is 8.19. The van der Waals surface area contributed by atoms with Crippen LogP contribution in [0, 0.1) is 0 Å². The fourth-order valence-corrected chi connectivity index (χ4v) is 0.691. The minimum absolute atomic E-state index is 0.245. The number of hydrogen-bond donors (Lipinski definition) is 0. The average Bonchev–Trinajstić information content (AvgIpc) is 2.04. The van der Waals surface area contributed by atoms with Crippen LogP contribution in [0.25, 0.3) is 0 Å². The molecule has 3 nitrogen and oxygen atoms in total. The molecule has 0 radical (unpaired) electrons. The van der Waals surface area contributed by atoms with E-state index >= 15 is 0 Å². The molecule has 0 aromatic carbocycles. The molecule has 0 aliphatic rings. The maximum absolute atomic E-state index is 5.16. The minimum Gasteiger partial charge on any atom is -0.390 e. The molecule has 0 aliphatic carbocycles. The zero-order valence-electron chi connectivity index (χ0n) is 8.19. The highest BCUT2D eigenvalue weighted by molar-refractivity contribution is 5.76. The van der Waals surface area contributed by atoms with E-state index in [1.807, 2.05) is 39.0 Å².